The molecule has 0 aliphatic heterocycles. The molecule has 0 aliphatic rings. The molecule has 10 heteroatoms. The number of rotatable bonds is 6. The average Bonchev–Trinajstić information content (AvgIpc) is 2.99. The zero-order valence-corrected chi connectivity index (χ0v) is 12.9. The van der Waals surface area contributed by atoms with Crippen molar-refractivity contribution >= 4 is 43.7 Å². The molecule has 0 aromatic carbocycles. The fraction of sp³-hybridized carbons (Fsp3) is 0.300. The Morgan fingerprint density at radius 1 is 1.40 bits per heavy atom. The molecule has 108 valence electrons. The van der Waals surface area contributed by atoms with E-state index in [2.05, 4.69) is 20.2 Å². The van der Waals surface area contributed by atoms with Crippen LogP contribution >= 0.6 is 22.7 Å². The number of hydrogen-bond acceptors (Lipinski definition) is 7. The molecule has 0 bridgehead atoms. The SMILES string of the molecule is CC(=O)Nc1nnc(S(=O)(=O)NCCc2cccs2)s1. The summed E-state index contributed by atoms with van der Waals surface area (Å²) in [7, 11) is -3.68. The third-order valence-electron chi connectivity index (χ3n) is 2.16. The molecule has 1 amide bonds. The average molecular weight is 332 g/mol. The number of amides is 1. The molecule has 0 unspecified atom stereocenters. The van der Waals surface area contributed by atoms with Crippen molar-refractivity contribution in [3.8, 4) is 0 Å². The van der Waals surface area contributed by atoms with E-state index in [4.69, 9.17) is 0 Å². The normalized spacial score (nSPS) is 11.4. The van der Waals surface area contributed by atoms with Crippen LogP contribution in [-0.4, -0.2) is 31.1 Å². The number of sulfonamides is 1. The molecule has 20 heavy (non-hydrogen) atoms. The van der Waals surface area contributed by atoms with Gasteiger partial charge < -0.3 is 5.32 Å². The Bertz CT molecular complexity index is 678. The molecule has 2 aromatic heterocycles. The molecule has 2 heterocycles. The number of nitrogens with zero attached hydrogens (tertiary/aromatic N) is 2. The Hall–Kier alpha value is -1.36. The number of thiophene rings is 1. The Labute approximate surface area is 124 Å². The molecule has 0 fully saturated rings. The summed E-state index contributed by atoms with van der Waals surface area (Å²) in [5.41, 5.74) is 0. The number of aromatic nitrogens is 2. The number of carbonyl (C=O) groups excluding carboxylic acids is 1. The summed E-state index contributed by atoms with van der Waals surface area (Å²) in [4.78, 5) is 11.9. The lowest BCUT2D eigenvalue weighted by Gasteiger charge is -2.01. The van der Waals surface area contributed by atoms with Gasteiger partial charge >= 0.3 is 0 Å². The van der Waals surface area contributed by atoms with Crippen LogP contribution in [0.25, 0.3) is 0 Å². The van der Waals surface area contributed by atoms with Crippen LogP contribution in [-0.2, 0) is 21.2 Å². The summed E-state index contributed by atoms with van der Waals surface area (Å²) < 4.78 is 26.2. The van der Waals surface area contributed by atoms with Gasteiger partial charge in [0.25, 0.3) is 10.0 Å². The van der Waals surface area contributed by atoms with Crippen LogP contribution in [0.15, 0.2) is 21.9 Å². The van der Waals surface area contributed by atoms with Gasteiger partial charge in [0.05, 0.1) is 0 Å². The third-order valence-corrected chi connectivity index (χ3v) is 5.77. The van der Waals surface area contributed by atoms with E-state index in [0.717, 1.165) is 16.2 Å². The van der Waals surface area contributed by atoms with Crippen molar-refractivity contribution in [3.63, 3.8) is 0 Å². The molecule has 0 saturated carbocycles. The van der Waals surface area contributed by atoms with E-state index in [-0.39, 0.29) is 21.9 Å². The van der Waals surface area contributed by atoms with E-state index < -0.39 is 10.0 Å². The van der Waals surface area contributed by atoms with E-state index >= 15 is 0 Å². The van der Waals surface area contributed by atoms with Gasteiger partial charge in [0.15, 0.2) is 0 Å². The van der Waals surface area contributed by atoms with Crippen LogP contribution in [0.1, 0.15) is 11.8 Å². The highest BCUT2D eigenvalue weighted by molar-refractivity contribution is 7.91. The second kappa shape index (κ2) is 6.39. The van der Waals surface area contributed by atoms with Crippen LogP contribution in [0, 0.1) is 0 Å². The van der Waals surface area contributed by atoms with Crippen LogP contribution in [0.4, 0.5) is 5.13 Å². The number of carbonyl (C=O) groups is 1. The van der Waals surface area contributed by atoms with Crippen molar-refractivity contribution in [2.75, 3.05) is 11.9 Å². The van der Waals surface area contributed by atoms with Gasteiger partial charge in [-0.3, -0.25) is 4.79 Å². The molecule has 2 N–H and O–H groups in total. The van der Waals surface area contributed by atoms with Crippen molar-refractivity contribution in [2.45, 2.75) is 17.7 Å². The van der Waals surface area contributed by atoms with Crippen LogP contribution in [0.3, 0.4) is 0 Å². The highest BCUT2D eigenvalue weighted by Crippen LogP contribution is 2.19. The molecule has 2 rings (SSSR count). The van der Waals surface area contributed by atoms with Gasteiger partial charge in [-0.2, -0.15) is 0 Å². The van der Waals surface area contributed by atoms with Crippen molar-refractivity contribution in [3.05, 3.63) is 22.4 Å². The van der Waals surface area contributed by atoms with Crippen molar-refractivity contribution < 1.29 is 13.2 Å². The smallest absolute Gasteiger partial charge is 0.269 e. The minimum Gasteiger partial charge on any atom is -0.301 e. The summed E-state index contributed by atoms with van der Waals surface area (Å²) in [5.74, 6) is -0.323. The number of nitrogens with one attached hydrogen (secondary N) is 2. The van der Waals surface area contributed by atoms with E-state index in [0.29, 0.717) is 6.42 Å². The van der Waals surface area contributed by atoms with Crippen molar-refractivity contribution in [2.24, 2.45) is 0 Å². The molecule has 7 nitrogen and oxygen atoms in total. The van der Waals surface area contributed by atoms with Crippen LogP contribution < -0.4 is 10.0 Å². The third kappa shape index (κ3) is 4.07. The van der Waals surface area contributed by atoms with Crippen LogP contribution in [0.5, 0.6) is 0 Å². The van der Waals surface area contributed by atoms with E-state index in [1.165, 1.54) is 6.92 Å². The molecule has 0 atom stereocenters. The lowest BCUT2D eigenvalue weighted by atomic mass is 10.3. The van der Waals surface area contributed by atoms with E-state index in [1.807, 2.05) is 17.5 Å². The van der Waals surface area contributed by atoms with Crippen molar-refractivity contribution in [1.29, 1.82) is 0 Å². The quantitative estimate of drug-likeness (QED) is 0.771. The summed E-state index contributed by atoms with van der Waals surface area (Å²) in [6.45, 7) is 1.60. The highest BCUT2D eigenvalue weighted by Gasteiger charge is 2.20. The Kier molecular flexibility index (Phi) is 4.81. The summed E-state index contributed by atoms with van der Waals surface area (Å²) in [5, 5.41) is 11.7. The first-order valence-electron chi connectivity index (χ1n) is 5.60. The maximum absolute atomic E-state index is 11.9. The first kappa shape index (κ1) is 15.0. The second-order valence-corrected chi connectivity index (χ2v) is 7.73. The standard InChI is InChI=1S/C10H12N4O3S3/c1-7(15)12-9-13-14-10(19-9)20(16,17)11-5-4-8-3-2-6-18-8/h2-3,6,11H,4-5H2,1H3,(H,12,13,15). The van der Waals surface area contributed by atoms with Gasteiger partial charge in [0, 0.05) is 18.3 Å². The van der Waals surface area contributed by atoms with Gasteiger partial charge in [-0.15, -0.1) is 21.5 Å². The van der Waals surface area contributed by atoms with E-state index in [9.17, 15) is 13.2 Å². The lowest BCUT2D eigenvalue weighted by molar-refractivity contribution is -0.114. The van der Waals surface area contributed by atoms with Crippen LogP contribution in [0.2, 0.25) is 0 Å². The predicted octanol–water partition coefficient (Wildman–Crippen LogP) is 1.08. The van der Waals surface area contributed by atoms with Gasteiger partial charge in [-0.1, -0.05) is 17.4 Å². The summed E-state index contributed by atoms with van der Waals surface area (Å²) in [6.07, 6.45) is 0.619. The number of hydrogen-bond donors (Lipinski definition) is 2. The molecular formula is C10H12N4O3S3. The van der Waals surface area contributed by atoms with E-state index in [1.54, 1.807) is 11.3 Å². The Morgan fingerprint density at radius 2 is 2.20 bits per heavy atom. The van der Waals surface area contributed by atoms with Gasteiger partial charge in [0.1, 0.15) is 0 Å². The second-order valence-electron chi connectivity index (χ2n) is 3.78. The topological polar surface area (TPSA) is 101 Å². The summed E-state index contributed by atoms with van der Waals surface area (Å²) >= 11 is 2.39. The maximum Gasteiger partial charge on any atom is 0.269 e. The molecule has 0 spiro atoms. The molecule has 0 saturated heterocycles. The first-order valence-corrected chi connectivity index (χ1v) is 8.78. The maximum atomic E-state index is 11.9. The molecule has 0 radical (unpaired) electrons. The molecule has 2 aromatic rings. The minimum atomic E-state index is -3.68. The zero-order valence-electron chi connectivity index (χ0n) is 10.5. The molecular weight excluding hydrogens is 320 g/mol. The fourth-order valence-electron chi connectivity index (χ4n) is 1.34. The van der Waals surface area contributed by atoms with Gasteiger partial charge in [-0.05, 0) is 17.9 Å². The lowest BCUT2D eigenvalue weighted by Crippen LogP contribution is -2.25. The zero-order chi connectivity index (χ0) is 14.6. The van der Waals surface area contributed by atoms with Gasteiger partial charge in [0.2, 0.25) is 15.4 Å². The predicted molar refractivity (Wildman–Crippen MR) is 77.4 cm³/mol. The molecule has 0 aliphatic carbocycles. The Balaban J connectivity index is 1.95. The minimum absolute atomic E-state index is 0.160. The highest BCUT2D eigenvalue weighted by atomic mass is 32.2. The first-order chi connectivity index (χ1) is 9.47. The summed E-state index contributed by atoms with van der Waals surface area (Å²) in [6, 6.07) is 3.86. The fourth-order valence-corrected chi connectivity index (χ4v) is 4.07. The largest absolute Gasteiger partial charge is 0.301 e. The van der Waals surface area contributed by atoms with Crippen molar-refractivity contribution in [1.82, 2.24) is 14.9 Å². The Morgan fingerprint density at radius 3 is 2.85 bits per heavy atom. The monoisotopic (exact) mass is 332 g/mol. The van der Waals surface area contributed by atoms with Gasteiger partial charge in [-0.25, -0.2) is 13.1 Å². The number of anilines is 1.